The minimum absolute atomic E-state index is 0.117. The molecule has 5 nitrogen and oxygen atoms in total. The van der Waals surface area contributed by atoms with Crippen molar-refractivity contribution < 1.29 is 13.9 Å². The highest BCUT2D eigenvalue weighted by atomic mass is 16.5. The van der Waals surface area contributed by atoms with Crippen LogP contribution in [0.2, 0.25) is 0 Å². The lowest BCUT2D eigenvalue weighted by Crippen LogP contribution is -2.22. The minimum Gasteiger partial charge on any atom is -0.487 e. The number of hydrogen-bond acceptors (Lipinski definition) is 4. The summed E-state index contributed by atoms with van der Waals surface area (Å²) in [4.78, 5) is 17.0. The van der Waals surface area contributed by atoms with Crippen LogP contribution < -0.4 is 10.1 Å². The molecule has 1 aromatic heterocycles. The lowest BCUT2D eigenvalue weighted by atomic mass is 10.1. The van der Waals surface area contributed by atoms with E-state index in [0.29, 0.717) is 30.4 Å². The third-order valence-electron chi connectivity index (χ3n) is 4.94. The zero-order chi connectivity index (χ0) is 21.6. The van der Waals surface area contributed by atoms with Gasteiger partial charge >= 0.3 is 0 Å². The predicted octanol–water partition coefficient (Wildman–Crippen LogP) is 5.47. The summed E-state index contributed by atoms with van der Waals surface area (Å²) in [5.74, 6) is 1.89. The van der Waals surface area contributed by atoms with Gasteiger partial charge in [-0.1, -0.05) is 48.0 Å². The van der Waals surface area contributed by atoms with E-state index in [9.17, 15) is 4.79 Å². The van der Waals surface area contributed by atoms with E-state index in [1.807, 2.05) is 74.5 Å². The van der Waals surface area contributed by atoms with Crippen LogP contribution in [0.1, 0.15) is 32.9 Å². The van der Waals surface area contributed by atoms with Crippen molar-refractivity contribution in [3.63, 3.8) is 0 Å². The van der Waals surface area contributed by atoms with Gasteiger partial charge in [0.05, 0.1) is 0 Å². The number of carbonyl (C=O) groups excluding carboxylic acids is 1. The Hall–Kier alpha value is -3.86. The van der Waals surface area contributed by atoms with Crippen molar-refractivity contribution in [2.45, 2.75) is 27.0 Å². The van der Waals surface area contributed by atoms with Crippen LogP contribution in [-0.4, -0.2) is 10.9 Å². The molecule has 0 atom stereocenters. The standard InChI is InChI=1S/C26H24N2O3/c1-18-7-6-8-20(15-18)16-27-25(29)21-11-13-22(14-12-21)26-28-24(19(2)31-26)17-30-23-9-4-3-5-10-23/h3-15H,16-17H2,1-2H3,(H,27,29). The molecule has 0 fully saturated rings. The van der Waals surface area contributed by atoms with Crippen LogP contribution >= 0.6 is 0 Å². The molecule has 3 aromatic carbocycles. The summed E-state index contributed by atoms with van der Waals surface area (Å²) >= 11 is 0. The van der Waals surface area contributed by atoms with Crippen molar-refractivity contribution in [1.82, 2.24) is 10.3 Å². The fourth-order valence-electron chi connectivity index (χ4n) is 3.22. The number of aromatic nitrogens is 1. The molecule has 0 bridgehead atoms. The average Bonchev–Trinajstić information content (AvgIpc) is 3.17. The Morgan fingerprint density at radius 1 is 0.968 bits per heavy atom. The number of ether oxygens (including phenoxy) is 1. The smallest absolute Gasteiger partial charge is 0.251 e. The third kappa shape index (κ3) is 5.20. The third-order valence-corrected chi connectivity index (χ3v) is 4.94. The van der Waals surface area contributed by atoms with Crippen molar-refractivity contribution in [3.05, 3.63) is 107 Å². The number of hydrogen-bond donors (Lipinski definition) is 1. The van der Waals surface area contributed by atoms with Gasteiger partial charge in [0.25, 0.3) is 5.91 Å². The first-order valence-corrected chi connectivity index (χ1v) is 10.2. The van der Waals surface area contributed by atoms with E-state index < -0.39 is 0 Å². The van der Waals surface area contributed by atoms with Gasteiger partial charge in [-0.15, -0.1) is 0 Å². The highest BCUT2D eigenvalue weighted by Crippen LogP contribution is 2.23. The number of carbonyl (C=O) groups is 1. The van der Waals surface area contributed by atoms with Crippen LogP contribution in [0.4, 0.5) is 0 Å². The van der Waals surface area contributed by atoms with E-state index in [2.05, 4.69) is 16.4 Å². The van der Waals surface area contributed by atoms with Gasteiger partial charge in [-0.2, -0.15) is 0 Å². The molecular formula is C26H24N2O3. The maximum atomic E-state index is 12.5. The summed E-state index contributed by atoms with van der Waals surface area (Å²) in [7, 11) is 0. The molecule has 0 aliphatic carbocycles. The molecule has 0 radical (unpaired) electrons. The average molecular weight is 412 g/mol. The fourth-order valence-corrected chi connectivity index (χ4v) is 3.22. The van der Waals surface area contributed by atoms with Gasteiger partial charge in [-0.25, -0.2) is 4.98 Å². The van der Waals surface area contributed by atoms with Crippen LogP contribution in [0, 0.1) is 13.8 Å². The molecule has 0 spiro atoms. The summed E-state index contributed by atoms with van der Waals surface area (Å²) < 4.78 is 11.6. The Labute approximate surface area is 181 Å². The molecule has 1 N–H and O–H groups in total. The van der Waals surface area contributed by atoms with Crippen LogP contribution in [0.5, 0.6) is 5.75 Å². The molecule has 156 valence electrons. The molecule has 4 aromatic rings. The minimum atomic E-state index is -0.117. The molecule has 5 heteroatoms. The molecule has 1 amide bonds. The number of benzene rings is 3. The second-order valence-electron chi connectivity index (χ2n) is 7.37. The first kappa shape index (κ1) is 20.4. The van der Waals surface area contributed by atoms with Crippen molar-refractivity contribution in [1.29, 1.82) is 0 Å². The number of rotatable bonds is 7. The Bertz CT molecular complexity index is 1160. The lowest BCUT2D eigenvalue weighted by Gasteiger charge is -2.06. The molecule has 0 unspecified atom stereocenters. The molecule has 0 aliphatic heterocycles. The SMILES string of the molecule is Cc1cccc(CNC(=O)c2ccc(-c3nc(COc4ccccc4)c(C)o3)cc2)c1. The van der Waals surface area contributed by atoms with Crippen LogP contribution in [0.3, 0.4) is 0 Å². The van der Waals surface area contributed by atoms with Gasteiger partial charge in [0.1, 0.15) is 23.8 Å². The Morgan fingerprint density at radius 2 is 1.74 bits per heavy atom. The summed E-state index contributed by atoms with van der Waals surface area (Å²) in [6.07, 6.45) is 0. The van der Waals surface area contributed by atoms with E-state index in [1.54, 1.807) is 12.1 Å². The second kappa shape index (κ2) is 9.30. The second-order valence-corrected chi connectivity index (χ2v) is 7.37. The number of amides is 1. The molecular weight excluding hydrogens is 388 g/mol. The Balaban J connectivity index is 1.39. The zero-order valence-electron chi connectivity index (χ0n) is 17.6. The number of aryl methyl sites for hydroxylation is 2. The maximum Gasteiger partial charge on any atom is 0.251 e. The maximum absolute atomic E-state index is 12.5. The molecule has 0 aliphatic rings. The Morgan fingerprint density at radius 3 is 2.48 bits per heavy atom. The normalized spacial score (nSPS) is 10.6. The number of nitrogens with zero attached hydrogens (tertiary/aromatic N) is 1. The van der Waals surface area contributed by atoms with Gasteiger partial charge in [0.2, 0.25) is 5.89 Å². The summed E-state index contributed by atoms with van der Waals surface area (Å²) in [5.41, 5.74) is 4.40. The van der Waals surface area contributed by atoms with Crippen molar-refractivity contribution in [2.24, 2.45) is 0 Å². The van der Waals surface area contributed by atoms with Crippen LogP contribution in [0.25, 0.3) is 11.5 Å². The summed E-state index contributed by atoms with van der Waals surface area (Å²) in [6.45, 7) is 4.73. The lowest BCUT2D eigenvalue weighted by molar-refractivity contribution is 0.0951. The number of para-hydroxylation sites is 1. The van der Waals surface area contributed by atoms with Crippen molar-refractivity contribution in [3.8, 4) is 17.2 Å². The molecule has 0 saturated carbocycles. The molecule has 4 rings (SSSR count). The number of nitrogens with one attached hydrogen (secondary N) is 1. The van der Waals surface area contributed by atoms with E-state index in [1.165, 1.54) is 5.56 Å². The molecule has 31 heavy (non-hydrogen) atoms. The fraction of sp³-hybridized carbons (Fsp3) is 0.154. The van der Waals surface area contributed by atoms with E-state index >= 15 is 0 Å². The van der Waals surface area contributed by atoms with E-state index in [4.69, 9.17) is 9.15 Å². The molecule has 0 saturated heterocycles. The summed E-state index contributed by atoms with van der Waals surface area (Å²) in [6, 6.07) is 24.9. The number of oxazole rings is 1. The molecule has 1 heterocycles. The first-order valence-electron chi connectivity index (χ1n) is 10.2. The highest BCUT2D eigenvalue weighted by Gasteiger charge is 2.13. The van der Waals surface area contributed by atoms with Gasteiger partial charge < -0.3 is 14.5 Å². The predicted molar refractivity (Wildman–Crippen MR) is 120 cm³/mol. The topological polar surface area (TPSA) is 64.4 Å². The monoisotopic (exact) mass is 412 g/mol. The quantitative estimate of drug-likeness (QED) is 0.437. The van der Waals surface area contributed by atoms with Crippen LogP contribution in [-0.2, 0) is 13.2 Å². The van der Waals surface area contributed by atoms with Gasteiger partial charge in [-0.3, -0.25) is 4.79 Å². The van der Waals surface area contributed by atoms with E-state index in [-0.39, 0.29) is 5.91 Å². The van der Waals surface area contributed by atoms with Gasteiger partial charge in [0, 0.05) is 17.7 Å². The highest BCUT2D eigenvalue weighted by molar-refractivity contribution is 5.94. The van der Waals surface area contributed by atoms with Crippen molar-refractivity contribution in [2.75, 3.05) is 0 Å². The largest absolute Gasteiger partial charge is 0.487 e. The Kier molecular flexibility index (Phi) is 6.13. The van der Waals surface area contributed by atoms with E-state index in [0.717, 1.165) is 22.6 Å². The summed E-state index contributed by atoms with van der Waals surface area (Å²) in [5, 5.41) is 2.95. The zero-order valence-corrected chi connectivity index (χ0v) is 17.6. The van der Waals surface area contributed by atoms with Gasteiger partial charge in [-0.05, 0) is 55.8 Å². The van der Waals surface area contributed by atoms with Crippen molar-refractivity contribution >= 4 is 5.91 Å². The van der Waals surface area contributed by atoms with Gasteiger partial charge in [0.15, 0.2) is 0 Å². The first-order chi connectivity index (χ1) is 15.1. The van der Waals surface area contributed by atoms with Crippen LogP contribution in [0.15, 0.2) is 83.3 Å².